The van der Waals surface area contributed by atoms with Gasteiger partial charge in [0, 0.05) is 29.9 Å². The van der Waals surface area contributed by atoms with E-state index in [1.807, 2.05) is 24.3 Å². The number of ether oxygens (including phenoxy) is 1. The number of anilines is 2. The summed E-state index contributed by atoms with van der Waals surface area (Å²) in [5, 5.41) is 14.7. The summed E-state index contributed by atoms with van der Waals surface area (Å²) in [6.07, 6.45) is 4.61. The zero-order valence-electron chi connectivity index (χ0n) is 20.8. The molecule has 0 bridgehead atoms. The van der Waals surface area contributed by atoms with E-state index < -0.39 is 0 Å². The van der Waals surface area contributed by atoms with Crippen LogP contribution in [-0.2, 0) is 0 Å². The third-order valence-electron chi connectivity index (χ3n) is 6.74. The summed E-state index contributed by atoms with van der Waals surface area (Å²) in [6, 6.07) is 15.2. The van der Waals surface area contributed by atoms with Crippen LogP contribution in [0.3, 0.4) is 0 Å². The Labute approximate surface area is 207 Å². The fourth-order valence-corrected chi connectivity index (χ4v) is 4.64. The highest BCUT2D eigenvalue weighted by Gasteiger charge is 2.24. The Morgan fingerprint density at radius 2 is 1.80 bits per heavy atom. The van der Waals surface area contributed by atoms with E-state index in [2.05, 4.69) is 39.6 Å². The number of hydrogen-bond acceptors (Lipinski definition) is 7. The van der Waals surface area contributed by atoms with Gasteiger partial charge in [0.25, 0.3) is 11.8 Å². The number of methoxy groups -OCH3 is 1. The van der Waals surface area contributed by atoms with Gasteiger partial charge < -0.3 is 24.7 Å². The number of nitrogens with zero attached hydrogens (tertiary/aromatic N) is 3. The van der Waals surface area contributed by atoms with Crippen molar-refractivity contribution in [1.82, 2.24) is 15.1 Å². The molecule has 0 atom stereocenters. The lowest BCUT2D eigenvalue weighted by molar-refractivity contribution is 0.102. The Morgan fingerprint density at radius 1 is 1.06 bits per heavy atom. The van der Waals surface area contributed by atoms with Crippen molar-refractivity contribution < 1.29 is 13.9 Å². The molecule has 1 aliphatic carbocycles. The summed E-state index contributed by atoms with van der Waals surface area (Å²) in [6.45, 7) is 7.87. The zero-order chi connectivity index (χ0) is 24.6. The quantitative estimate of drug-likeness (QED) is 0.409. The van der Waals surface area contributed by atoms with Crippen molar-refractivity contribution in [3.63, 3.8) is 0 Å². The van der Waals surface area contributed by atoms with E-state index in [4.69, 9.17) is 9.15 Å². The van der Waals surface area contributed by atoms with Crippen LogP contribution in [-0.4, -0.2) is 53.8 Å². The minimum atomic E-state index is -0.184. The van der Waals surface area contributed by atoms with Crippen LogP contribution in [0.25, 0.3) is 11.5 Å². The molecule has 8 heteroatoms. The summed E-state index contributed by atoms with van der Waals surface area (Å²) in [5.74, 6) is 1.50. The smallest absolute Gasteiger partial charge is 0.315 e. The normalized spacial score (nSPS) is 17.8. The topological polar surface area (TPSA) is 92.5 Å². The van der Waals surface area contributed by atoms with Crippen molar-refractivity contribution in [2.75, 3.05) is 37.4 Å². The summed E-state index contributed by atoms with van der Waals surface area (Å²) in [7, 11) is 1.58. The molecule has 2 aromatic carbocycles. The first-order valence-electron chi connectivity index (χ1n) is 12.5. The van der Waals surface area contributed by atoms with Crippen LogP contribution >= 0.6 is 0 Å². The van der Waals surface area contributed by atoms with Crippen molar-refractivity contribution in [3.8, 4) is 17.2 Å². The lowest BCUT2D eigenvalue weighted by Gasteiger charge is -2.31. The van der Waals surface area contributed by atoms with Gasteiger partial charge in [-0.1, -0.05) is 37.1 Å². The molecule has 4 rings (SSSR count). The Hall–Kier alpha value is -3.39. The Bertz CT molecular complexity index is 1090. The largest absolute Gasteiger partial charge is 0.496 e. The van der Waals surface area contributed by atoms with Crippen molar-refractivity contribution >= 4 is 17.6 Å². The lowest BCUT2D eigenvalue weighted by atomic mass is 9.85. The molecule has 0 radical (unpaired) electrons. The number of carbonyl (C=O) groups is 1. The fraction of sp³-hybridized carbons (Fsp3) is 0.444. The molecule has 1 fully saturated rings. The predicted octanol–water partition coefficient (Wildman–Crippen LogP) is 5.31. The van der Waals surface area contributed by atoms with Crippen LogP contribution in [0.5, 0.6) is 5.75 Å². The van der Waals surface area contributed by atoms with E-state index in [0.29, 0.717) is 40.5 Å². The van der Waals surface area contributed by atoms with E-state index in [9.17, 15) is 4.79 Å². The first kappa shape index (κ1) is 24.7. The molecule has 8 nitrogen and oxygen atoms in total. The fourth-order valence-electron chi connectivity index (χ4n) is 4.64. The molecule has 1 amide bonds. The number of rotatable bonds is 10. The van der Waals surface area contributed by atoms with E-state index in [1.165, 1.54) is 19.4 Å². The molecule has 1 saturated carbocycles. The van der Waals surface area contributed by atoms with Gasteiger partial charge in [-0.3, -0.25) is 4.79 Å². The number of carbonyl (C=O) groups excluding carboxylic acids is 1. The molecule has 1 aromatic heterocycles. The molecule has 0 spiro atoms. The third kappa shape index (κ3) is 6.39. The maximum absolute atomic E-state index is 12.5. The summed E-state index contributed by atoms with van der Waals surface area (Å²) < 4.78 is 11.5. The average molecular weight is 478 g/mol. The molecule has 186 valence electrons. The third-order valence-corrected chi connectivity index (χ3v) is 6.74. The van der Waals surface area contributed by atoms with Crippen LogP contribution in [0, 0.1) is 5.92 Å². The number of amides is 1. The van der Waals surface area contributed by atoms with Gasteiger partial charge in [-0.2, -0.15) is 0 Å². The standard InChI is InChI=1S/C27H35N5O3/c1-4-32(5-2)18-19-11-13-21(14-12-19)29-27-31-30-26(35-27)23-16-15-22(17-24(23)34-3)28-25(33)20-9-7-6-8-10-20/h6-10,15-17,19,21H,4-5,11-14,18H2,1-3H3,(H,28,33)(H,29,31). The van der Waals surface area contributed by atoms with Gasteiger partial charge >= 0.3 is 6.01 Å². The predicted molar refractivity (Wildman–Crippen MR) is 138 cm³/mol. The molecular weight excluding hydrogens is 442 g/mol. The summed E-state index contributed by atoms with van der Waals surface area (Å²) in [4.78, 5) is 15.0. The Morgan fingerprint density at radius 3 is 2.49 bits per heavy atom. The van der Waals surface area contributed by atoms with Gasteiger partial charge in [0.1, 0.15) is 5.75 Å². The van der Waals surface area contributed by atoms with E-state index in [-0.39, 0.29) is 5.91 Å². The van der Waals surface area contributed by atoms with E-state index in [0.717, 1.165) is 31.8 Å². The lowest BCUT2D eigenvalue weighted by Crippen LogP contribution is -2.34. The van der Waals surface area contributed by atoms with Crippen molar-refractivity contribution in [2.45, 2.75) is 45.6 Å². The highest BCUT2D eigenvalue weighted by atomic mass is 16.5. The van der Waals surface area contributed by atoms with E-state index in [1.54, 1.807) is 31.4 Å². The SMILES string of the molecule is CCN(CC)CC1CCC(Nc2nnc(-c3ccc(NC(=O)c4ccccc4)cc3OC)o2)CC1. The minimum Gasteiger partial charge on any atom is -0.496 e. The molecule has 1 aliphatic rings. The van der Waals surface area contributed by atoms with Crippen molar-refractivity contribution in [2.24, 2.45) is 5.92 Å². The molecule has 2 N–H and O–H groups in total. The first-order valence-corrected chi connectivity index (χ1v) is 12.5. The van der Waals surface area contributed by atoms with Crippen LogP contribution in [0.1, 0.15) is 49.9 Å². The zero-order valence-corrected chi connectivity index (χ0v) is 20.8. The van der Waals surface area contributed by atoms with Gasteiger partial charge in [0.05, 0.1) is 12.7 Å². The molecule has 0 aliphatic heterocycles. The Kier molecular flexibility index (Phi) is 8.36. The number of benzene rings is 2. The Balaban J connectivity index is 1.36. The van der Waals surface area contributed by atoms with Gasteiger partial charge in [-0.05, 0) is 69.0 Å². The van der Waals surface area contributed by atoms with Gasteiger partial charge in [0.2, 0.25) is 0 Å². The molecule has 1 heterocycles. The molecule has 35 heavy (non-hydrogen) atoms. The van der Waals surface area contributed by atoms with Crippen molar-refractivity contribution in [1.29, 1.82) is 0 Å². The van der Waals surface area contributed by atoms with Gasteiger partial charge in [-0.15, -0.1) is 5.10 Å². The van der Waals surface area contributed by atoms with Crippen LogP contribution in [0.15, 0.2) is 52.9 Å². The second kappa shape index (κ2) is 11.8. The highest BCUT2D eigenvalue weighted by molar-refractivity contribution is 6.04. The number of hydrogen-bond donors (Lipinski definition) is 2. The van der Waals surface area contributed by atoms with E-state index >= 15 is 0 Å². The number of nitrogens with one attached hydrogen (secondary N) is 2. The second-order valence-electron chi connectivity index (χ2n) is 9.00. The van der Waals surface area contributed by atoms with Gasteiger partial charge in [-0.25, -0.2) is 0 Å². The minimum absolute atomic E-state index is 0.184. The average Bonchev–Trinajstić information content (AvgIpc) is 3.36. The molecule has 0 saturated heterocycles. The monoisotopic (exact) mass is 477 g/mol. The number of aromatic nitrogens is 2. The maximum Gasteiger partial charge on any atom is 0.315 e. The molecule has 3 aromatic rings. The maximum atomic E-state index is 12.5. The van der Waals surface area contributed by atoms with Crippen LogP contribution in [0.2, 0.25) is 0 Å². The summed E-state index contributed by atoms with van der Waals surface area (Å²) in [5.41, 5.74) is 1.89. The second-order valence-corrected chi connectivity index (χ2v) is 9.00. The molecular formula is C27H35N5O3. The van der Waals surface area contributed by atoms with Crippen LogP contribution < -0.4 is 15.4 Å². The molecule has 0 unspecified atom stereocenters. The van der Waals surface area contributed by atoms with Gasteiger partial charge in [0.15, 0.2) is 0 Å². The first-order chi connectivity index (χ1) is 17.1. The van der Waals surface area contributed by atoms with Crippen molar-refractivity contribution in [3.05, 3.63) is 54.1 Å². The van der Waals surface area contributed by atoms with Crippen LogP contribution in [0.4, 0.5) is 11.7 Å². The summed E-state index contributed by atoms with van der Waals surface area (Å²) >= 11 is 0. The highest BCUT2D eigenvalue weighted by Crippen LogP contribution is 2.33.